The van der Waals surface area contributed by atoms with E-state index >= 15 is 0 Å². The number of hydrogen-bond donors (Lipinski definition) is 2. The molecule has 31 heavy (non-hydrogen) atoms. The Balaban J connectivity index is 1.74. The molecule has 0 spiro atoms. The van der Waals surface area contributed by atoms with Crippen LogP contribution in [0.2, 0.25) is 0 Å². The second-order valence-electron chi connectivity index (χ2n) is 8.41. The van der Waals surface area contributed by atoms with Crippen LogP contribution in [0.4, 0.5) is 16.2 Å². The summed E-state index contributed by atoms with van der Waals surface area (Å²) in [6.07, 6.45) is 1.88. The maximum absolute atomic E-state index is 11.7. The van der Waals surface area contributed by atoms with Crippen LogP contribution in [0.1, 0.15) is 37.0 Å². The number of para-hydroxylation sites is 1. The van der Waals surface area contributed by atoms with E-state index < -0.39 is 4.75 Å². The number of hydrogen-bond acceptors (Lipinski definition) is 6. The summed E-state index contributed by atoms with van der Waals surface area (Å²) in [5, 5.41) is 17.9. The van der Waals surface area contributed by atoms with Gasteiger partial charge in [-0.25, -0.2) is 5.43 Å². The minimum Gasteiger partial charge on any atom is -0.409 e. The van der Waals surface area contributed by atoms with Crippen LogP contribution in [-0.2, 0) is 6.42 Å². The molecular formula is C23H27N5O2S. The van der Waals surface area contributed by atoms with Gasteiger partial charge in [-0.2, -0.15) is 5.10 Å². The van der Waals surface area contributed by atoms with Gasteiger partial charge in [0.25, 0.3) is 5.24 Å². The number of oxime groups is 1. The fourth-order valence-electron chi connectivity index (χ4n) is 4.22. The summed E-state index contributed by atoms with van der Waals surface area (Å²) in [6, 6.07) is 14.2. The molecule has 162 valence electrons. The number of aryl methyl sites for hydroxylation is 1. The Labute approximate surface area is 186 Å². The summed E-state index contributed by atoms with van der Waals surface area (Å²) < 4.78 is -0.409. The van der Waals surface area contributed by atoms with Crippen LogP contribution < -0.4 is 15.2 Å². The third-order valence-corrected chi connectivity index (χ3v) is 6.61. The van der Waals surface area contributed by atoms with Gasteiger partial charge in [0.2, 0.25) is 0 Å². The molecule has 0 atom stereocenters. The zero-order valence-corrected chi connectivity index (χ0v) is 19.0. The zero-order chi connectivity index (χ0) is 22.2. The van der Waals surface area contributed by atoms with Crippen LogP contribution in [0.3, 0.4) is 0 Å². The number of hydrazone groups is 1. The summed E-state index contributed by atoms with van der Waals surface area (Å²) in [6.45, 7) is 4.79. The molecule has 0 aliphatic carbocycles. The molecule has 0 bridgehead atoms. The summed E-state index contributed by atoms with van der Waals surface area (Å²) in [4.78, 5) is 15.8. The Kier molecular flexibility index (Phi) is 5.66. The molecule has 2 aromatic carbocycles. The third-order valence-electron chi connectivity index (χ3n) is 5.63. The van der Waals surface area contributed by atoms with E-state index in [0.717, 1.165) is 47.6 Å². The van der Waals surface area contributed by atoms with Gasteiger partial charge in [-0.1, -0.05) is 35.1 Å². The molecule has 0 radical (unpaired) electrons. The Bertz CT molecular complexity index is 1080. The summed E-state index contributed by atoms with van der Waals surface area (Å²) in [5.74, 6) is 0.538. The molecule has 4 rings (SSSR count). The van der Waals surface area contributed by atoms with Gasteiger partial charge in [0, 0.05) is 37.6 Å². The van der Waals surface area contributed by atoms with Crippen molar-refractivity contribution in [1.29, 1.82) is 0 Å². The number of amides is 1. The fourth-order valence-corrected chi connectivity index (χ4v) is 5.04. The van der Waals surface area contributed by atoms with Gasteiger partial charge in [-0.15, -0.1) is 0 Å². The number of carbonyl (C=O) groups is 1. The smallest absolute Gasteiger partial charge is 0.300 e. The van der Waals surface area contributed by atoms with Gasteiger partial charge in [0.15, 0.2) is 5.84 Å². The fraction of sp³-hybridized carbons (Fsp3) is 0.348. The Morgan fingerprint density at radius 2 is 2.03 bits per heavy atom. The highest BCUT2D eigenvalue weighted by atomic mass is 32.2. The van der Waals surface area contributed by atoms with E-state index in [1.54, 1.807) is 0 Å². The lowest BCUT2D eigenvalue weighted by molar-refractivity contribution is 0.260. The van der Waals surface area contributed by atoms with Crippen molar-refractivity contribution in [1.82, 2.24) is 5.43 Å². The molecule has 0 unspecified atom stereocenters. The van der Waals surface area contributed by atoms with Crippen LogP contribution in [0, 0.1) is 0 Å². The van der Waals surface area contributed by atoms with Crippen molar-refractivity contribution in [2.75, 3.05) is 30.4 Å². The molecule has 1 amide bonds. The Hall–Kier alpha value is -3.00. The van der Waals surface area contributed by atoms with E-state index in [9.17, 15) is 10.0 Å². The molecule has 0 saturated heterocycles. The number of nitrogens with zero attached hydrogens (tertiary/aromatic N) is 4. The molecular weight excluding hydrogens is 410 g/mol. The van der Waals surface area contributed by atoms with Gasteiger partial charge in [0.1, 0.15) is 0 Å². The number of thioether (sulfide) groups is 1. The van der Waals surface area contributed by atoms with Crippen LogP contribution in [0.15, 0.2) is 52.7 Å². The first-order chi connectivity index (χ1) is 14.8. The van der Waals surface area contributed by atoms with Crippen LogP contribution >= 0.6 is 11.8 Å². The van der Waals surface area contributed by atoms with E-state index in [0.29, 0.717) is 5.84 Å². The number of amidine groups is 1. The highest BCUT2D eigenvalue weighted by molar-refractivity contribution is 8.15. The quantitative estimate of drug-likeness (QED) is 0.324. The van der Waals surface area contributed by atoms with Crippen LogP contribution in [0.25, 0.3) is 0 Å². The first kappa shape index (κ1) is 21.2. The van der Waals surface area contributed by atoms with Gasteiger partial charge in [-0.3, -0.25) is 4.79 Å². The first-order valence-electron chi connectivity index (χ1n) is 10.3. The summed E-state index contributed by atoms with van der Waals surface area (Å²) in [5.41, 5.74) is 8.51. The highest BCUT2D eigenvalue weighted by Crippen LogP contribution is 2.36. The third kappa shape index (κ3) is 3.99. The molecule has 2 aliphatic heterocycles. The lowest BCUT2D eigenvalue weighted by Crippen LogP contribution is -2.39. The number of carbonyl (C=O) groups excluding carboxylic acids is 1. The predicted octanol–water partition coefficient (Wildman–Crippen LogP) is 4.28. The van der Waals surface area contributed by atoms with Gasteiger partial charge >= 0.3 is 0 Å². The highest BCUT2D eigenvalue weighted by Gasteiger charge is 2.35. The van der Waals surface area contributed by atoms with E-state index in [1.807, 2.05) is 63.2 Å². The standard InChI is InChI=1S/C23H27N5O2S/c1-23(2)20(24-25-22(29)31-23)16-11-12-18-15(14-16)8-7-13-28(18)21(26-30)17-9-5-6-10-19(17)27(3)4/h5-6,9-12,14,30H,7-8,13H2,1-4H3,(H,25,29). The normalized spacial score (nSPS) is 18.2. The molecule has 7 nitrogen and oxygen atoms in total. The van der Waals surface area contributed by atoms with Crippen molar-refractivity contribution in [3.05, 3.63) is 59.2 Å². The van der Waals surface area contributed by atoms with Crippen molar-refractivity contribution >= 4 is 39.9 Å². The molecule has 2 aliphatic rings. The zero-order valence-electron chi connectivity index (χ0n) is 18.2. The Morgan fingerprint density at radius 3 is 2.74 bits per heavy atom. The monoisotopic (exact) mass is 437 g/mol. The molecule has 2 N–H and O–H groups in total. The summed E-state index contributed by atoms with van der Waals surface area (Å²) >= 11 is 1.25. The lowest BCUT2D eigenvalue weighted by Gasteiger charge is -2.34. The lowest BCUT2D eigenvalue weighted by atomic mass is 9.93. The van der Waals surface area contributed by atoms with Crippen molar-refractivity contribution in [3.8, 4) is 0 Å². The van der Waals surface area contributed by atoms with E-state index in [4.69, 9.17) is 0 Å². The molecule has 2 aromatic rings. The van der Waals surface area contributed by atoms with Crippen LogP contribution in [-0.4, -0.2) is 47.4 Å². The molecule has 2 heterocycles. The number of fused-ring (bicyclic) bond motifs is 1. The maximum Gasteiger partial charge on any atom is 0.300 e. The summed E-state index contributed by atoms with van der Waals surface area (Å²) in [7, 11) is 3.96. The molecule has 0 fully saturated rings. The number of nitrogens with one attached hydrogen (secondary N) is 1. The van der Waals surface area contributed by atoms with Crippen molar-refractivity contribution in [2.24, 2.45) is 10.3 Å². The van der Waals surface area contributed by atoms with E-state index in [-0.39, 0.29) is 5.24 Å². The average molecular weight is 438 g/mol. The largest absolute Gasteiger partial charge is 0.409 e. The molecule has 0 saturated carbocycles. The maximum atomic E-state index is 11.7. The van der Waals surface area contributed by atoms with Gasteiger partial charge in [-0.05, 0) is 62.1 Å². The van der Waals surface area contributed by atoms with Crippen molar-refractivity contribution < 1.29 is 10.0 Å². The van der Waals surface area contributed by atoms with E-state index in [2.05, 4.69) is 32.7 Å². The number of anilines is 2. The molecule has 8 heteroatoms. The minimum absolute atomic E-state index is 0.138. The minimum atomic E-state index is -0.409. The first-order valence-corrected chi connectivity index (χ1v) is 11.1. The number of rotatable bonds is 3. The van der Waals surface area contributed by atoms with Gasteiger partial charge in [0.05, 0.1) is 10.5 Å². The molecule has 0 aromatic heterocycles. The predicted molar refractivity (Wildman–Crippen MR) is 128 cm³/mol. The van der Waals surface area contributed by atoms with Crippen molar-refractivity contribution in [2.45, 2.75) is 31.4 Å². The second kappa shape index (κ2) is 8.26. The SMILES string of the molecule is CN(C)c1ccccc1C(=NO)N1CCCc2cc(C3=NNC(=O)SC3(C)C)ccc21. The second-order valence-corrected chi connectivity index (χ2v) is 10.0. The number of benzene rings is 2. The average Bonchev–Trinajstić information content (AvgIpc) is 2.73. The van der Waals surface area contributed by atoms with Gasteiger partial charge < -0.3 is 15.0 Å². The van der Waals surface area contributed by atoms with E-state index in [1.165, 1.54) is 17.3 Å². The Morgan fingerprint density at radius 1 is 1.26 bits per heavy atom. The topological polar surface area (TPSA) is 80.5 Å². The van der Waals surface area contributed by atoms with Crippen molar-refractivity contribution in [3.63, 3.8) is 0 Å². The van der Waals surface area contributed by atoms with Crippen LogP contribution in [0.5, 0.6) is 0 Å².